The van der Waals surface area contributed by atoms with Gasteiger partial charge in [0.25, 0.3) is 10.0 Å². The maximum atomic E-state index is 12.1. The summed E-state index contributed by atoms with van der Waals surface area (Å²) >= 11 is 0. The molecular weight excluding hydrogens is 274 g/mol. The summed E-state index contributed by atoms with van der Waals surface area (Å²) in [5.41, 5.74) is -0.317. The van der Waals surface area contributed by atoms with E-state index in [1.54, 1.807) is 0 Å². The third-order valence-electron chi connectivity index (χ3n) is 2.18. The van der Waals surface area contributed by atoms with Crippen LogP contribution in [0, 0.1) is 6.92 Å². The number of nitrogens with one attached hydrogen (secondary N) is 2. The normalized spacial score (nSPS) is 11.2. The lowest BCUT2D eigenvalue weighted by atomic mass is 10.4. The number of hydrogen-bond acceptors (Lipinski definition) is 6. The first kappa shape index (κ1) is 13.0. The van der Waals surface area contributed by atoms with Gasteiger partial charge in [-0.3, -0.25) is 9.82 Å². The van der Waals surface area contributed by atoms with Crippen LogP contribution in [-0.4, -0.2) is 39.7 Å². The fourth-order valence-electron chi connectivity index (χ4n) is 1.45. The van der Waals surface area contributed by atoms with Gasteiger partial charge < -0.3 is 5.11 Å². The van der Waals surface area contributed by atoms with Crippen LogP contribution in [0.3, 0.4) is 0 Å². The molecule has 9 nitrogen and oxygen atoms in total. The molecule has 0 aliphatic heterocycles. The van der Waals surface area contributed by atoms with Gasteiger partial charge in [0, 0.05) is 0 Å². The average molecular weight is 283 g/mol. The molecule has 2 rings (SSSR count). The molecule has 0 aromatic carbocycles. The first-order valence-corrected chi connectivity index (χ1v) is 6.46. The molecule has 0 unspecified atom stereocenters. The second kappa shape index (κ2) is 4.65. The molecule has 0 amide bonds. The highest BCUT2D eigenvalue weighted by Crippen LogP contribution is 2.20. The smallest absolute Gasteiger partial charge is 0.357 e. The van der Waals surface area contributed by atoms with Crippen molar-refractivity contribution in [1.29, 1.82) is 0 Å². The van der Waals surface area contributed by atoms with E-state index in [0.29, 0.717) is 0 Å². The molecule has 3 N–H and O–H groups in total. The molecule has 2 aromatic rings. The molecule has 0 bridgehead atoms. The highest BCUT2D eigenvalue weighted by Gasteiger charge is 2.28. The summed E-state index contributed by atoms with van der Waals surface area (Å²) in [5, 5.41) is 14.7. The minimum absolute atomic E-state index is 0.124. The van der Waals surface area contributed by atoms with Crippen LogP contribution >= 0.6 is 0 Å². The van der Waals surface area contributed by atoms with Gasteiger partial charge in [-0.05, 0) is 6.92 Å². The quantitative estimate of drug-likeness (QED) is 0.718. The number of anilines is 1. The molecule has 0 fully saturated rings. The number of hydrogen-bond donors (Lipinski definition) is 3. The van der Waals surface area contributed by atoms with E-state index in [9.17, 15) is 13.2 Å². The van der Waals surface area contributed by atoms with Crippen LogP contribution < -0.4 is 4.72 Å². The Hall–Kier alpha value is -2.49. The third kappa shape index (κ3) is 2.52. The first-order valence-electron chi connectivity index (χ1n) is 4.98. The zero-order valence-corrected chi connectivity index (χ0v) is 10.5. The van der Waals surface area contributed by atoms with Crippen molar-refractivity contribution in [3.8, 4) is 0 Å². The second-order valence-electron chi connectivity index (χ2n) is 3.56. The molecule has 2 heterocycles. The lowest BCUT2D eigenvalue weighted by molar-refractivity contribution is 0.0686. The number of carboxylic acids is 1. The van der Waals surface area contributed by atoms with Crippen molar-refractivity contribution in [3.63, 3.8) is 0 Å². The molecule has 10 heteroatoms. The van der Waals surface area contributed by atoms with Gasteiger partial charge in [-0.2, -0.15) is 5.10 Å². The topological polar surface area (TPSA) is 138 Å². The first-order chi connectivity index (χ1) is 8.92. The number of rotatable bonds is 4. The molecule has 0 saturated carbocycles. The van der Waals surface area contributed by atoms with Crippen LogP contribution in [-0.2, 0) is 10.0 Å². The van der Waals surface area contributed by atoms with Crippen molar-refractivity contribution in [3.05, 3.63) is 30.1 Å². The standard InChI is InChI=1S/C9H9N5O4S/c1-5-8(7(9(15)16)13-12-5)19(17,18)14-6-2-10-4-11-3-6/h2-4,14H,1H3,(H,12,13)(H,15,16). The Balaban J connectivity index is 2.46. The second-order valence-corrected chi connectivity index (χ2v) is 5.18. The zero-order valence-electron chi connectivity index (χ0n) is 9.65. The number of aromatic amines is 1. The highest BCUT2D eigenvalue weighted by atomic mass is 32.2. The van der Waals surface area contributed by atoms with Gasteiger partial charge in [-0.25, -0.2) is 23.2 Å². The van der Waals surface area contributed by atoms with Gasteiger partial charge >= 0.3 is 5.97 Å². The predicted molar refractivity (Wildman–Crippen MR) is 63.1 cm³/mol. The minimum Gasteiger partial charge on any atom is -0.476 e. The van der Waals surface area contributed by atoms with Gasteiger partial charge in [0.2, 0.25) is 0 Å². The molecule has 0 saturated heterocycles. The summed E-state index contributed by atoms with van der Waals surface area (Å²) in [4.78, 5) is 17.8. The summed E-state index contributed by atoms with van der Waals surface area (Å²) in [6.07, 6.45) is 3.74. The molecule has 0 atom stereocenters. The molecule has 0 radical (unpaired) electrons. The number of nitrogens with zero attached hydrogens (tertiary/aromatic N) is 3. The summed E-state index contributed by atoms with van der Waals surface area (Å²) in [7, 11) is -4.08. The Kier molecular flexibility index (Phi) is 3.17. The van der Waals surface area contributed by atoms with Crippen LogP contribution in [0.25, 0.3) is 0 Å². The lowest BCUT2D eigenvalue weighted by Gasteiger charge is -2.06. The molecule has 0 aliphatic carbocycles. The number of aryl methyl sites for hydroxylation is 1. The van der Waals surface area contributed by atoms with E-state index in [1.165, 1.54) is 25.6 Å². The van der Waals surface area contributed by atoms with Crippen LogP contribution in [0.1, 0.15) is 16.2 Å². The summed E-state index contributed by atoms with van der Waals surface area (Å²) < 4.78 is 26.4. The van der Waals surface area contributed by atoms with Crippen molar-refractivity contribution in [2.24, 2.45) is 0 Å². The number of sulfonamides is 1. The van der Waals surface area contributed by atoms with E-state index in [4.69, 9.17) is 5.11 Å². The van der Waals surface area contributed by atoms with Crippen molar-refractivity contribution in [2.75, 3.05) is 4.72 Å². The van der Waals surface area contributed by atoms with Crippen molar-refractivity contribution in [1.82, 2.24) is 20.2 Å². The SMILES string of the molecule is Cc1[nH]nc(C(=O)O)c1S(=O)(=O)Nc1cncnc1. The van der Waals surface area contributed by atoms with Crippen molar-refractivity contribution < 1.29 is 18.3 Å². The van der Waals surface area contributed by atoms with Gasteiger partial charge in [-0.1, -0.05) is 0 Å². The Bertz CT molecular complexity index is 709. The number of H-pyrrole nitrogens is 1. The fraction of sp³-hybridized carbons (Fsp3) is 0.111. The van der Waals surface area contributed by atoms with Crippen LogP contribution in [0.5, 0.6) is 0 Å². The predicted octanol–water partition coefficient (Wildman–Crippen LogP) is 0.00712. The molecule has 19 heavy (non-hydrogen) atoms. The van der Waals surface area contributed by atoms with Crippen LogP contribution in [0.4, 0.5) is 5.69 Å². The van der Waals surface area contributed by atoms with Crippen molar-refractivity contribution in [2.45, 2.75) is 11.8 Å². The third-order valence-corrected chi connectivity index (χ3v) is 3.72. The van der Waals surface area contributed by atoms with E-state index in [0.717, 1.165) is 0 Å². The number of aromatic nitrogens is 4. The summed E-state index contributed by atoms with van der Waals surface area (Å²) in [6.45, 7) is 1.41. The van der Waals surface area contributed by atoms with Gasteiger partial charge in [-0.15, -0.1) is 0 Å². The van der Waals surface area contributed by atoms with E-state index >= 15 is 0 Å². The molecule has 0 spiro atoms. The zero-order chi connectivity index (χ0) is 14.0. The largest absolute Gasteiger partial charge is 0.476 e. The fourth-order valence-corrected chi connectivity index (χ4v) is 2.80. The summed E-state index contributed by atoms with van der Waals surface area (Å²) in [6, 6.07) is 0. The molecule has 0 aliphatic rings. The monoisotopic (exact) mass is 283 g/mol. The number of carboxylic acid groups (broad SMARTS) is 1. The van der Waals surface area contributed by atoms with Gasteiger partial charge in [0.15, 0.2) is 5.69 Å². The van der Waals surface area contributed by atoms with E-state index in [-0.39, 0.29) is 11.4 Å². The van der Waals surface area contributed by atoms with Crippen LogP contribution in [0.15, 0.2) is 23.6 Å². The Morgan fingerprint density at radius 1 is 1.37 bits per heavy atom. The van der Waals surface area contributed by atoms with Gasteiger partial charge in [0.1, 0.15) is 11.2 Å². The lowest BCUT2D eigenvalue weighted by Crippen LogP contribution is -2.17. The van der Waals surface area contributed by atoms with E-state index in [1.807, 2.05) is 0 Å². The Morgan fingerprint density at radius 3 is 2.58 bits per heavy atom. The number of carbonyl (C=O) groups is 1. The van der Waals surface area contributed by atoms with Gasteiger partial charge in [0.05, 0.1) is 23.8 Å². The average Bonchev–Trinajstić information content (AvgIpc) is 2.73. The maximum Gasteiger partial charge on any atom is 0.357 e. The molecule has 100 valence electrons. The number of aromatic carboxylic acids is 1. The highest BCUT2D eigenvalue weighted by molar-refractivity contribution is 7.92. The Morgan fingerprint density at radius 2 is 2.00 bits per heavy atom. The van der Waals surface area contributed by atoms with E-state index in [2.05, 4.69) is 24.9 Å². The maximum absolute atomic E-state index is 12.1. The Labute approximate surface area is 107 Å². The minimum atomic E-state index is -4.08. The van der Waals surface area contributed by atoms with Crippen molar-refractivity contribution >= 4 is 21.7 Å². The molecule has 2 aromatic heterocycles. The molecular formula is C9H9N5O4S. The van der Waals surface area contributed by atoms with Crippen LogP contribution in [0.2, 0.25) is 0 Å². The van der Waals surface area contributed by atoms with E-state index < -0.39 is 26.6 Å². The summed E-state index contributed by atoms with van der Waals surface area (Å²) in [5.74, 6) is -1.44.